The quantitative estimate of drug-likeness (QED) is 0.759. The normalized spacial score (nSPS) is 11.7. The molecule has 1 nitrogen and oxygen atoms in total. The molecule has 0 fully saturated rings. The first-order valence-corrected chi connectivity index (χ1v) is 4.64. The van der Waals surface area contributed by atoms with Gasteiger partial charge in [-0.25, -0.2) is 8.78 Å². The Bertz CT molecular complexity index is 370. The van der Waals surface area contributed by atoms with Gasteiger partial charge in [0.1, 0.15) is 11.6 Å². The van der Waals surface area contributed by atoms with Crippen LogP contribution in [0.15, 0.2) is 18.2 Å². The molecule has 0 bridgehead atoms. The number of hydrogen-bond acceptors (Lipinski definition) is 1. The van der Waals surface area contributed by atoms with Gasteiger partial charge in [-0.2, -0.15) is 0 Å². The van der Waals surface area contributed by atoms with Crippen LogP contribution in [-0.2, 0) is 6.42 Å². The molecule has 3 heteroatoms. The van der Waals surface area contributed by atoms with Crippen molar-refractivity contribution >= 4 is 0 Å². The smallest absolute Gasteiger partial charge is 0.126 e. The predicted octanol–water partition coefficient (Wildman–Crippen LogP) is 2.28. The van der Waals surface area contributed by atoms with Gasteiger partial charge in [-0.15, -0.1) is 11.8 Å². The van der Waals surface area contributed by atoms with Crippen molar-refractivity contribution in [2.75, 3.05) is 0 Å². The molecule has 0 aromatic heterocycles. The lowest BCUT2D eigenvalue weighted by molar-refractivity contribution is 0.180. The lowest BCUT2D eigenvalue weighted by atomic mass is 10.1. The van der Waals surface area contributed by atoms with Crippen molar-refractivity contribution in [3.8, 4) is 11.8 Å². The summed E-state index contributed by atoms with van der Waals surface area (Å²) < 4.78 is 25.6. The fraction of sp³-hybridized carbons (Fsp3) is 0.333. The summed E-state index contributed by atoms with van der Waals surface area (Å²) in [6, 6.07) is 3.24. The van der Waals surface area contributed by atoms with Gasteiger partial charge in [0.05, 0.1) is 6.10 Å². The average molecular weight is 210 g/mol. The molecule has 0 aliphatic rings. The van der Waals surface area contributed by atoms with Gasteiger partial charge in [0.15, 0.2) is 0 Å². The molecule has 0 spiro atoms. The van der Waals surface area contributed by atoms with Gasteiger partial charge in [-0.1, -0.05) is 0 Å². The third-order valence-corrected chi connectivity index (χ3v) is 1.91. The zero-order valence-corrected chi connectivity index (χ0v) is 8.43. The van der Waals surface area contributed by atoms with Crippen LogP contribution in [0.4, 0.5) is 8.78 Å². The number of hydrogen-bond donors (Lipinski definition) is 1. The SMILES string of the molecule is CC#CCC(O)Cc1cc(F)cc(F)c1. The standard InChI is InChI=1S/C12H12F2O/c1-2-3-4-12(15)7-9-5-10(13)8-11(14)6-9/h5-6,8,12,15H,4,7H2,1H3. The maximum Gasteiger partial charge on any atom is 0.126 e. The predicted molar refractivity (Wildman–Crippen MR) is 54.1 cm³/mol. The molecule has 0 aliphatic heterocycles. The Morgan fingerprint density at radius 2 is 1.87 bits per heavy atom. The van der Waals surface area contributed by atoms with Gasteiger partial charge < -0.3 is 5.11 Å². The highest BCUT2D eigenvalue weighted by Gasteiger charge is 2.06. The van der Waals surface area contributed by atoms with Crippen LogP contribution < -0.4 is 0 Å². The van der Waals surface area contributed by atoms with Crippen LogP contribution in [0.5, 0.6) is 0 Å². The topological polar surface area (TPSA) is 20.2 Å². The van der Waals surface area contributed by atoms with E-state index in [-0.39, 0.29) is 6.42 Å². The van der Waals surface area contributed by atoms with E-state index in [9.17, 15) is 13.9 Å². The van der Waals surface area contributed by atoms with E-state index in [1.807, 2.05) is 0 Å². The minimum atomic E-state index is -0.682. The summed E-state index contributed by atoms with van der Waals surface area (Å²) in [5.74, 6) is 4.11. The fourth-order valence-electron chi connectivity index (χ4n) is 1.29. The largest absolute Gasteiger partial charge is 0.392 e. The maximum atomic E-state index is 12.8. The summed E-state index contributed by atoms with van der Waals surface area (Å²) in [5, 5.41) is 9.47. The van der Waals surface area contributed by atoms with Gasteiger partial charge in [0.25, 0.3) is 0 Å². The summed E-state index contributed by atoms with van der Waals surface area (Å²) in [4.78, 5) is 0. The zero-order valence-electron chi connectivity index (χ0n) is 8.43. The molecule has 1 aromatic carbocycles. The van der Waals surface area contributed by atoms with Crippen molar-refractivity contribution in [2.45, 2.75) is 25.9 Å². The van der Waals surface area contributed by atoms with Crippen LogP contribution in [0.3, 0.4) is 0 Å². The zero-order chi connectivity index (χ0) is 11.3. The van der Waals surface area contributed by atoms with Gasteiger partial charge in [-0.3, -0.25) is 0 Å². The molecule has 1 N–H and O–H groups in total. The lowest BCUT2D eigenvalue weighted by Gasteiger charge is -2.07. The maximum absolute atomic E-state index is 12.8. The minimum Gasteiger partial charge on any atom is -0.392 e. The number of aliphatic hydroxyl groups is 1. The summed E-state index contributed by atoms with van der Waals surface area (Å²) in [5.41, 5.74) is 0.443. The fourth-order valence-corrected chi connectivity index (χ4v) is 1.29. The molecule has 15 heavy (non-hydrogen) atoms. The molecule has 80 valence electrons. The second-order valence-corrected chi connectivity index (χ2v) is 3.27. The van der Waals surface area contributed by atoms with E-state index in [1.165, 1.54) is 12.1 Å². The Labute approximate surface area is 87.7 Å². The van der Waals surface area contributed by atoms with Crippen molar-refractivity contribution in [1.29, 1.82) is 0 Å². The summed E-state index contributed by atoms with van der Waals surface area (Å²) in [7, 11) is 0. The van der Waals surface area contributed by atoms with Gasteiger partial charge in [0.2, 0.25) is 0 Å². The highest BCUT2D eigenvalue weighted by Crippen LogP contribution is 2.11. The Balaban J connectivity index is 2.66. The van der Waals surface area contributed by atoms with E-state index < -0.39 is 17.7 Å². The monoisotopic (exact) mass is 210 g/mol. The molecule has 0 saturated heterocycles. The van der Waals surface area contributed by atoms with E-state index in [1.54, 1.807) is 6.92 Å². The summed E-state index contributed by atoms with van der Waals surface area (Å²) >= 11 is 0. The van der Waals surface area contributed by atoms with Gasteiger partial charge in [0, 0.05) is 12.5 Å². The van der Waals surface area contributed by atoms with E-state index in [0.717, 1.165) is 6.07 Å². The van der Waals surface area contributed by atoms with Crippen molar-refractivity contribution in [2.24, 2.45) is 0 Å². The third-order valence-electron chi connectivity index (χ3n) is 1.91. The van der Waals surface area contributed by atoms with E-state index in [0.29, 0.717) is 12.0 Å². The first-order valence-electron chi connectivity index (χ1n) is 4.64. The van der Waals surface area contributed by atoms with Crippen LogP contribution >= 0.6 is 0 Å². The first kappa shape index (κ1) is 11.7. The summed E-state index contributed by atoms with van der Waals surface area (Å²) in [6.45, 7) is 1.68. The molecule has 0 saturated carbocycles. The average Bonchev–Trinajstić information content (AvgIpc) is 2.13. The first-order chi connectivity index (χ1) is 7.11. The van der Waals surface area contributed by atoms with Crippen molar-refractivity contribution in [3.63, 3.8) is 0 Å². The number of rotatable bonds is 3. The molecule has 0 amide bonds. The lowest BCUT2D eigenvalue weighted by Crippen LogP contribution is -2.09. The summed E-state index contributed by atoms with van der Waals surface area (Å²) in [6.07, 6.45) is -0.156. The van der Waals surface area contributed by atoms with Gasteiger partial charge >= 0.3 is 0 Å². The van der Waals surface area contributed by atoms with E-state index >= 15 is 0 Å². The van der Waals surface area contributed by atoms with Crippen molar-refractivity contribution in [1.82, 2.24) is 0 Å². The molecule has 1 atom stereocenters. The van der Waals surface area contributed by atoms with Crippen molar-refractivity contribution in [3.05, 3.63) is 35.4 Å². The van der Waals surface area contributed by atoms with Crippen LogP contribution in [0.2, 0.25) is 0 Å². The second kappa shape index (κ2) is 5.47. The van der Waals surface area contributed by atoms with E-state index in [4.69, 9.17) is 0 Å². The van der Waals surface area contributed by atoms with Crippen LogP contribution in [-0.4, -0.2) is 11.2 Å². The third kappa shape index (κ3) is 4.09. The minimum absolute atomic E-state index is 0.212. The molecule has 1 unspecified atom stereocenters. The second-order valence-electron chi connectivity index (χ2n) is 3.27. The van der Waals surface area contributed by atoms with Crippen LogP contribution in [0.25, 0.3) is 0 Å². The molecule has 1 aromatic rings. The Hall–Kier alpha value is -1.40. The Morgan fingerprint density at radius 3 is 2.40 bits per heavy atom. The van der Waals surface area contributed by atoms with Gasteiger partial charge in [-0.05, 0) is 31.0 Å². The Kier molecular flexibility index (Phi) is 4.26. The van der Waals surface area contributed by atoms with E-state index in [2.05, 4.69) is 11.8 Å². The molecule has 0 radical (unpaired) electrons. The van der Waals surface area contributed by atoms with Crippen LogP contribution in [0, 0.1) is 23.5 Å². The number of benzene rings is 1. The Morgan fingerprint density at radius 1 is 1.27 bits per heavy atom. The highest BCUT2D eigenvalue weighted by molar-refractivity contribution is 5.19. The van der Waals surface area contributed by atoms with Crippen LogP contribution in [0.1, 0.15) is 18.9 Å². The highest BCUT2D eigenvalue weighted by atomic mass is 19.1. The van der Waals surface area contributed by atoms with Crippen molar-refractivity contribution < 1.29 is 13.9 Å². The molecule has 1 rings (SSSR count). The molecular formula is C12H12F2O. The number of halogens is 2. The molecule has 0 heterocycles. The molecule has 0 aliphatic carbocycles. The number of aliphatic hydroxyl groups excluding tert-OH is 1. The molecular weight excluding hydrogens is 198 g/mol.